The molecule has 0 unspecified atom stereocenters. The number of aliphatic carboxylic acids is 1. The van der Waals surface area contributed by atoms with E-state index < -0.39 is 35.7 Å². The van der Waals surface area contributed by atoms with E-state index in [1.165, 1.54) is 42.5 Å². The van der Waals surface area contributed by atoms with Gasteiger partial charge in [0.1, 0.15) is 17.4 Å². The van der Waals surface area contributed by atoms with E-state index in [-0.39, 0.29) is 12.8 Å². The summed E-state index contributed by atoms with van der Waals surface area (Å²) in [4.78, 5) is 23.5. The molecule has 2 atom stereocenters. The van der Waals surface area contributed by atoms with E-state index in [0.29, 0.717) is 16.9 Å². The van der Waals surface area contributed by atoms with Crippen molar-refractivity contribution < 1.29 is 28.2 Å². The number of carbonyl (C=O) groups excluding carboxylic acids is 1. The van der Waals surface area contributed by atoms with Crippen LogP contribution < -0.4 is 10.1 Å². The standard InChI is InChI=1S/C18H15F2NO4/c19-12-3-1-10(2-4-12)14(9-17(22)23)21-18(24)16-8-11-7-13(20)5-6-15(11)25-16/h1-7,14,16H,8-9H2,(H,21,24)(H,22,23)/t14-,16+/m1/s1. The third kappa shape index (κ3) is 3.93. The molecule has 2 aromatic carbocycles. The Kier molecular flexibility index (Phi) is 4.65. The molecule has 7 heteroatoms. The smallest absolute Gasteiger partial charge is 0.305 e. The molecule has 2 aromatic rings. The van der Waals surface area contributed by atoms with E-state index in [1.54, 1.807) is 0 Å². The van der Waals surface area contributed by atoms with Gasteiger partial charge in [-0.15, -0.1) is 0 Å². The fourth-order valence-corrected chi connectivity index (χ4v) is 2.75. The molecule has 0 radical (unpaired) electrons. The summed E-state index contributed by atoms with van der Waals surface area (Å²) in [7, 11) is 0. The van der Waals surface area contributed by atoms with Crippen molar-refractivity contribution in [2.45, 2.75) is 25.0 Å². The van der Waals surface area contributed by atoms with Gasteiger partial charge in [-0.3, -0.25) is 9.59 Å². The summed E-state index contributed by atoms with van der Waals surface area (Å²) in [5, 5.41) is 11.7. The first kappa shape index (κ1) is 16.9. The van der Waals surface area contributed by atoms with Gasteiger partial charge in [0.05, 0.1) is 12.5 Å². The van der Waals surface area contributed by atoms with Gasteiger partial charge in [0, 0.05) is 12.0 Å². The molecule has 0 bridgehead atoms. The molecule has 0 saturated carbocycles. The quantitative estimate of drug-likeness (QED) is 0.872. The Bertz CT molecular complexity index is 807. The third-order valence-corrected chi connectivity index (χ3v) is 3.96. The molecule has 0 aromatic heterocycles. The van der Waals surface area contributed by atoms with Gasteiger partial charge in [-0.1, -0.05) is 12.1 Å². The van der Waals surface area contributed by atoms with Crippen LogP contribution in [0.5, 0.6) is 5.75 Å². The highest BCUT2D eigenvalue weighted by Crippen LogP contribution is 2.30. The zero-order chi connectivity index (χ0) is 18.0. The lowest BCUT2D eigenvalue weighted by Crippen LogP contribution is -2.40. The molecule has 1 aliphatic rings. The van der Waals surface area contributed by atoms with E-state index in [1.807, 2.05) is 0 Å². The molecule has 3 rings (SSSR count). The van der Waals surface area contributed by atoms with E-state index in [2.05, 4.69) is 5.32 Å². The molecule has 5 nitrogen and oxygen atoms in total. The van der Waals surface area contributed by atoms with Gasteiger partial charge in [0.25, 0.3) is 5.91 Å². The number of halogens is 2. The van der Waals surface area contributed by atoms with Gasteiger partial charge >= 0.3 is 5.97 Å². The van der Waals surface area contributed by atoms with Crippen LogP contribution in [0.15, 0.2) is 42.5 Å². The van der Waals surface area contributed by atoms with Crippen LogP contribution >= 0.6 is 0 Å². The van der Waals surface area contributed by atoms with Gasteiger partial charge < -0.3 is 15.2 Å². The normalized spacial score (nSPS) is 16.6. The minimum atomic E-state index is -1.10. The summed E-state index contributed by atoms with van der Waals surface area (Å²) in [6.45, 7) is 0. The van der Waals surface area contributed by atoms with Gasteiger partial charge in [-0.05, 0) is 35.9 Å². The van der Waals surface area contributed by atoms with Crippen LogP contribution in [-0.4, -0.2) is 23.1 Å². The molecule has 0 spiro atoms. The number of carboxylic acids is 1. The number of carbonyl (C=O) groups is 2. The first-order valence-electron chi connectivity index (χ1n) is 7.65. The van der Waals surface area contributed by atoms with E-state index in [4.69, 9.17) is 9.84 Å². The largest absolute Gasteiger partial charge is 0.481 e. The van der Waals surface area contributed by atoms with Crippen molar-refractivity contribution in [3.63, 3.8) is 0 Å². The molecule has 130 valence electrons. The average molecular weight is 347 g/mol. The predicted molar refractivity (Wildman–Crippen MR) is 84.1 cm³/mol. The fourth-order valence-electron chi connectivity index (χ4n) is 2.75. The Morgan fingerprint density at radius 3 is 2.52 bits per heavy atom. The van der Waals surface area contributed by atoms with Crippen LogP contribution in [0.3, 0.4) is 0 Å². The Morgan fingerprint density at radius 1 is 1.16 bits per heavy atom. The van der Waals surface area contributed by atoms with Crippen LogP contribution in [0, 0.1) is 11.6 Å². The first-order chi connectivity index (χ1) is 11.9. The zero-order valence-electron chi connectivity index (χ0n) is 13.0. The number of carboxylic acid groups (broad SMARTS) is 1. The van der Waals surface area contributed by atoms with Crippen molar-refractivity contribution in [3.05, 3.63) is 65.2 Å². The van der Waals surface area contributed by atoms with Gasteiger partial charge in [-0.25, -0.2) is 8.78 Å². The zero-order valence-corrected chi connectivity index (χ0v) is 13.0. The topological polar surface area (TPSA) is 75.6 Å². The number of hydrogen-bond acceptors (Lipinski definition) is 3. The lowest BCUT2D eigenvalue weighted by atomic mass is 10.0. The summed E-state index contributed by atoms with van der Waals surface area (Å²) in [6.07, 6.45) is -1.03. The lowest BCUT2D eigenvalue weighted by Gasteiger charge is -2.20. The molecular weight excluding hydrogens is 332 g/mol. The van der Waals surface area contributed by atoms with Gasteiger partial charge in [-0.2, -0.15) is 0 Å². The molecule has 0 aliphatic carbocycles. The highest BCUT2D eigenvalue weighted by Gasteiger charge is 2.31. The molecule has 1 amide bonds. The number of ether oxygens (including phenoxy) is 1. The number of fused-ring (bicyclic) bond motifs is 1. The summed E-state index contributed by atoms with van der Waals surface area (Å²) < 4.78 is 31.8. The minimum absolute atomic E-state index is 0.197. The van der Waals surface area contributed by atoms with E-state index in [9.17, 15) is 18.4 Å². The van der Waals surface area contributed by atoms with Crippen molar-refractivity contribution in [3.8, 4) is 5.75 Å². The molecule has 0 fully saturated rings. The highest BCUT2D eigenvalue weighted by atomic mass is 19.1. The number of hydrogen-bond donors (Lipinski definition) is 2. The SMILES string of the molecule is O=C(O)C[C@@H](NC(=O)[C@@H]1Cc2cc(F)ccc2O1)c1ccc(F)cc1. The van der Waals surface area contributed by atoms with Crippen LogP contribution in [0.4, 0.5) is 8.78 Å². The number of nitrogens with one attached hydrogen (secondary N) is 1. The van der Waals surface area contributed by atoms with E-state index >= 15 is 0 Å². The number of benzene rings is 2. The lowest BCUT2D eigenvalue weighted by molar-refractivity contribution is -0.138. The molecule has 1 heterocycles. The Hall–Kier alpha value is -2.96. The maximum absolute atomic E-state index is 13.2. The average Bonchev–Trinajstić information content (AvgIpc) is 2.97. The molecule has 2 N–H and O–H groups in total. The van der Waals surface area contributed by atoms with Gasteiger partial charge in [0.2, 0.25) is 0 Å². The molecule has 1 aliphatic heterocycles. The first-order valence-corrected chi connectivity index (χ1v) is 7.65. The second kappa shape index (κ2) is 6.88. The van der Waals surface area contributed by atoms with E-state index in [0.717, 1.165) is 0 Å². The van der Waals surface area contributed by atoms with Crippen LogP contribution in [0.2, 0.25) is 0 Å². The molecule has 0 saturated heterocycles. The van der Waals surface area contributed by atoms with Crippen molar-refractivity contribution in [1.29, 1.82) is 0 Å². The summed E-state index contributed by atoms with van der Waals surface area (Å²) >= 11 is 0. The maximum atomic E-state index is 13.2. The Balaban J connectivity index is 1.72. The second-order valence-electron chi connectivity index (χ2n) is 5.77. The van der Waals surface area contributed by atoms with Gasteiger partial charge in [0.15, 0.2) is 6.10 Å². The summed E-state index contributed by atoms with van der Waals surface area (Å²) in [5.41, 5.74) is 1.05. The molecular formula is C18H15F2NO4. The number of amides is 1. The third-order valence-electron chi connectivity index (χ3n) is 3.96. The summed E-state index contributed by atoms with van der Waals surface area (Å²) in [6, 6.07) is 8.40. The number of rotatable bonds is 5. The van der Waals surface area contributed by atoms with Crippen molar-refractivity contribution >= 4 is 11.9 Å². The van der Waals surface area contributed by atoms with Crippen LogP contribution in [0.1, 0.15) is 23.6 Å². The monoisotopic (exact) mass is 347 g/mol. The second-order valence-corrected chi connectivity index (χ2v) is 5.77. The van der Waals surface area contributed by atoms with Crippen LogP contribution in [-0.2, 0) is 16.0 Å². The van der Waals surface area contributed by atoms with Crippen molar-refractivity contribution in [2.75, 3.05) is 0 Å². The maximum Gasteiger partial charge on any atom is 0.305 e. The summed E-state index contributed by atoms with van der Waals surface area (Å²) in [5.74, 6) is -2.06. The molecule has 25 heavy (non-hydrogen) atoms. The van der Waals surface area contributed by atoms with Crippen LogP contribution in [0.25, 0.3) is 0 Å². The Labute approximate surface area is 142 Å². The fraction of sp³-hybridized carbons (Fsp3) is 0.222. The van der Waals surface area contributed by atoms with Crippen molar-refractivity contribution in [2.24, 2.45) is 0 Å². The predicted octanol–water partition coefficient (Wildman–Crippen LogP) is 2.60. The van der Waals surface area contributed by atoms with Crippen molar-refractivity contribution in [1.82, 2.24) is 5.32 Å². The Morgan fingerprint density at radius 2 is 1.84 bits per heavy atom. The minimum Gasteiger partial charge on any atom is -0.481 e. The highest BCUT2D eigenvalue weighted by molar-refractivity contribution is 5.83.